The predicted molar refractivity (Wildman–Crippen MR) is 58.3 cm³/mol. The average Bonchev–Trinajstić information content (AvgIpc) is 2.09. The van der Waals surface area contributed by atoms with Crippen molar-refractivity contribution in [1.82, 2.24) is 0 Å². The highest BCUT2D eigenvalue weighted by molar-refractivity contribution is 9.10. The van der Waals surface area contributed by atoms with Gasteiger partial charge in [-0.15, -0.1) is 0 Å². The number of amides is 1. The molecule has 0 atom stereocenters. The van der Waals surface area contributed by atoms with E-state index in [9.17, 15) is 18.7 Å². The molecule has 0 spiro atoms. The van der Waals surface area contributed by atoms with Crippen LogP contribution in [0.15, 0.2) is 22.7 Å². The van der Waals surface area contributed by atoms with Crippen LogP contribution in [0.1, 0.15) is 0 Å². The van der Waals surface area contributed by atoms with Gasteiger partial charge in [-0.05, 0) is 28.1 Å². The van der Waals surface area contributed by atoms with E-state index in [4.69, 9.17) is 0 Å². The highest BCUT2D eigenvalue weighted by Crippen LogP contribution is 2.33. The molecule has 0 saturated heterocycles. The van der Waals surface area contributed by atoms with Crippen molar-refractivity contribution in [1.29, 1.82) is 0 Å². The Balaban J connectivity index is 2.95. The molecule has 0 aliphatic heterocycles. The van der Waals surface area contributed by atoms with E-state index < -0.39 is 10.7 Å². The first-order chi connectivity index (χ1) is 6.82. The number of carbonyl (C=O) groups excluding carboxylic acids is 1. The first-order valence-corrected chi connectivity index (χ1v) is 5.26. The average molecular weight is 345 g/mol. The second kappa shape index (κ2) is 4.44. The first kappa shape index (κ1) is 12.4. The maximum absolute atomic E-state index is 12.5. The van der Waals surface area contributed by atoms with Crippen LogP contribution in [0, 0.1) is 0 Å². The number of carbonyl (C=O) groups is 1. The number of hydrogen-bond donors (Lipinski definition) is 2. The molecule has 0 saturated carbocycles. The summed E-state index contributed by atoms with van der Waals surface area (Å²) in [6, 6.07) is 4.27. The lowest BCUT2D eigenvalue weighted by Gasteiger charge is -2.11. The van der Waals surface area contributed by atoms with Crippen LogP contribution < -0.4 is 5.32 Å². The Hall–Kier alpha value is -0.690. The lowest BCUT2D eigenvalue weighted by atomic mass is 10.3. The second-order valence-corrected chi connectivity index (χ2v) is 4.44. The molecule has 2 N–H and O–H groups in total. The van der Waals surface area contributed by atoms with Gasteiger partial charge in [0.25, 0.3) is 0 Å². The Morgan fingerprint density at radius 2 is 2.07 bits per heavy atom. The van der Waals surface area contributed by atoms with Gasteiger partial charge >= 0.3 is 10.7 Å². The van der Waals surface area contributed by atoms with Gasteiger partial charge in [0.2, 0.25) is 0 Å². The van der Waals surface area contributed by atoms with Crippen molar-refractivity contribution in [3.05, 3.63) is 22.7 Å². The summed E-state index contributed by atoms with van der Waals surface area (Å²) < 4.78 is 25.3. The standard InChI is InChI=1S/C8H5Br2F2NO2/c9-4-2-1-3-5(14)6(4)13-7(15)8(10,11)12/h1-3,14H,(H,13,15). The topological polar surface area (TPSA) is 49.3 Å². The Morgan fingerprint density at radius 3 is 2.53 bits per heavy atom. The predicted octanol–water partition coefficient (Wildman–Crippen LogP) is 3.08. The fourth-order valence-corrected chi connectivity index (χ4v) is 1.37. The molecule has 15 heavy (non-hydrogen) atoms. The van der Waals surface area contributed by atoms with Crippen LogP contribution in [0.3, 0.4) is 0 Å². The van der Waals surface area contributed by atoms with Crippen molar-refractivity contribution in [3.63, 3.8) is 0 Å². The summed E-state index contributed by atoms with van der Waals surface area (Å²) in [5.74, 6) is -1.85. The molecule has 0 radical (unpaired) electrons. The monoisotopic (exact) mass is 343 g/mol. The molecule has 0 bridgehead atoms. The number of phenolic OH excluding ortho intramolecular Hbond substituents is 1. The Labute approximate surface area is 101 Å². The summed E-state index contributed by atoms with van der Waals surface area (Å²) in [5.41, 5.74) is -0.0957. The van der Waals surface area contributed by atoms with E-state index in [1.165, 1.54) is 18.2 Å². The van der Waals surface area contributed by atoms with E-state index in [1.807, 2.05) is 21.2 Å². The minimum Gasteiger partial charge on any atom is -0.506 e. The largest absolute Gasteiger partial charge is 0.506 e. The summed E-state index contributed by atoms with van der Waals surface area (Å²) in [4.78, 5) is 7.23. The number of rotatable bonds is 2. The zero-order chi connectivity index (χ0) is 11.6. The number of para-hydroxylation sites is 1. The summed E-state index contributed by atoms with van der Waals surface area (Å²) in [6.07, 6.45) is 0. The summed E-state index contributed by atoms with van der Waals surface area (Å²) in [5, 5.41) is 11.2. The van der Waals surface area contributed by atoms with Crippen LogP contribution in [-0.4, -0.2) is 15.8 Å². The molecule has 0 heterocycles. The van der Waals surface area contributed by atoms with Crippen molar-refractivity contribution in [3.8, 4) is 5.75 Å². The number of alkyl halides is 3. The van der Waals surface area contributed by atoms with Gasteiger partial charge in [0.1, 0.15) is 5.75 Å². The fourth-order valence-electron chi connectivity index (χ4n) is 0.821. The molecule has 1 rings (SSSR count). The first-order valence-electron chi connectivity index (χ1n) is 3.68. The Morgan fingerprint density at radius 1 is 1.47 bits per heavy atom. The highest BCUT2D eigenvalue weighted by Gasteiger charge is 2.35. The quantitative estimate of drug-likeness (QED) is 0.640. The Kier molecular flexibility index (Phi) is 3.67. The van der Waals surface area contributed by atoms with Gasteiger partial charge in [-0.25, -0.2) is 0 Å². The van der Waals surface area contributed by atoms with E-state index in [-0.39, 0.29) is 11.4 Å². The van der Waals surface area contributed by atoms with Crippen molar-refractivity contribution >= 4 is 43.5 Å². The molecular weight excluding hydrogens is 340 g/mol. The number of nitrogens with one attached hydrogen (secondary N) is 1. The minimum absolute atomic E-state index is 0.0957. The molecule has 0 aliphatic rings. The molecule has 0 fully saturated rings. The van der Waals surface area contributed by atoms with Gasteiger partial charge < -0.3 is 10.4 Å². The molecule has 82 valence electrons. The molecule has 0 aromatic heterocycles. The van der Waals surface area contributed by atoms with E-state index in [2.05, 4.69) is 15.9 Å². The highest BCUT2D eigenvalue weighted by atomic mass is 79.9. The summed E-state index contributed by atoms with van der Waals surface area (Å²) >= 11 is 4.92. The van der Waals surface area contributed by atoms with Crippen LogP contribution >= 0.6 is 31.9 Å². The van der Waals surface area contributed by atoms with Crippen molar-refractivity contribution in [2.45, 2.75) is 4.83 Å². The molecule has 1 amide bonds. The minimum atomic E-state index is -3.67. The maximum atomic E-state index is 12.5. The number of hydrogen-bond acceptors (Lipinski definition) is 2. The van der Waals surface area contributed by atoms with E-state index in [0.717, 1.165) is 0 Å². The van der Waals surface area contributed by atoms with E-state index in [0.29, 0.717) is 4.47 Å². The van der Waals surface area contributed by atoms with Crippen molar-refractivity contribution in [2.24, 2.45) is 0 Å². The van der Waals surface area contributed by atoms with Crippen LogP contribution in [0.2, 0.25) is 0 Å². The van der Waals surface area contributed by atoms with Gasteiger partial charge in [0.15, 0.2) is 0 Å². The normalized spacial score (nSPS) is 11.2. The number of anilines is 1. The third-order valence-electron chi connectivity index (χ3n) is 1.49. The van der Waals surface area contributed by atoms with Gasteiger partial charge in [0.05, 0.1) is 5.69 Å². The summed E-state index contributed by atoms with van der Waals surface area (Å²) in [6.45, 7) is 0. The third kappa shape index (κ3) is 3.13. The number of halogens is 4. The van der Waals surface area contributed by atoms with Crippen LogP contribution in [0.4, 0.5) is 14.5 Å². The van der Waals surface area contributed by atoms with Crippen molar-refractivity contribution in [2.75, 3.05) is 5.32 Å². The molecule has 0 unspecified atom stereocenters. The van der Waals surface area contributed by atoms with Crippen LogP contribution in [0.25, 0.3) is 0 Å². The maximum Gasteiger partial charge on any atom is 0.378 e. The van der Waals surface area contributed by atoms with Gasteiger partial charge in [-0.1, -0.05) is 6.07 Å². The third-order valence-corrected chi connectivity index (χ3v) is 2.51. The van der Waals surface area contributed by atoms with E-state index >= 15 is 0 Å². The SMILES string of the molecule is O=C(Nc1c(O)cccc1Br)C(F)(F)Br. The van der Waals surface area contributed by atoms with E-state index in [1.54, 1.807) is 0 Å². The lowest BCUT2D eigenvalue weighted by molar-refractivity contribution is -0.128. The number of phenols is 1. The van der Waals surface area contributed by atoms with Crippen LogP contribution in [0.5, 0.6) is 5.75 Å². The van der Waals surface area contributed by atoms with Gasteiger partial charge in [-0.2, -0.15) is 8.78 Å². The zero-order valence-electron chi connectivity index (χ0n) is 7.10. The molecule has 1 aromatic rings. The number of aromatic hydroxyl groups is 1. The van der Waals surface area contributed by atoms with Gasteiger partial charge in [0, 0.05) is 20.4 Å². The number of benzene rings is 1. The second-order valence-electron chi connectivity index (χ2n) is 2.59. The molecular formula is C8H5Br2F2NO2. The molecule has 0 aliphatic carbocycles. The summed E-state index contributed by atoms with van der Waals surface area (Å²) in [7, 11) is 0. The lowest BCUT2D eigenvalue weighted by Crippen LogP contribution is -2.28. The molecule has 1 aromatic carbocycles. The fraction of sp³-hybridized carbons (Fsp3) is 0.125. The molecule has 3 nitrogen and oxygen atoms in total. The van der Waals surface area contributed by atoms with Crippen LogP contribution in [-0.2, 0) is 4.79 Å². The smallest absolute Gasteiger partial charge is 0.378 e. The van der Waals surface area contributed by atoms with Gasteiger partial charge in [-0.3, -0.25) is 4.79 Å². The Bertz CT molecular complexity index is 372. The molecule has 7 heteroatoms. The zero-order valence-corrected chi connectivity index (χ0v) is 10.3. The van der Waals surface area contributed by atoms with Crippen molar-refractivity contribution < 1.29 is 18.7 Å².